The van der Waals surface area contributed by atoms with Gasteiger partial charge in [-0.1, -0.05) is 29.2 Å². The summed E-state index contributed by atoms with van der Waals surface area (Å²) in [5, 5.41) is 8.59. The Kier molecular flexibility index (Phi) is 4.12. The van der Waals surface area contributed by atoms with Crippen LogP contribution < -0.4 is 0 Å². The van der Waals surface area contributed by atoms with E-state index in [4.69, 9.17) is 4.74 Å². The lowest BCUT2D eigenvalue weighted by Gasteiger charge is -2.21. The van der Waals surface area contributed by atoms with Gasteiger partial charge in [0.1, 0.15) is 5.69 Å². The third kappa shape index (κ3) is 3.80. The monoisotopic (exact) mass is 307 g/mol. The summed E-state index contributed by atoms with van der Waals surface area (Å²) < 4.78 is 7.37. The molecule has 2 heterocycles. The fraction of sp³-hybridized carbons (Fsp3) is 0.474. The highest BCUT2D eigenvalue weighted by atomic mass is 16.5. The van der Waals surface area contributed by atoms with Gasteiger partial charge in [-0.05, 0) is 43.7 Å². The summed E-state index contributed by atoms with van der Waals surface area (Å²) in [6, 6.07) is 8.31. The van der Waals surface area contributed by atoms with Gasteiger partial charge in [-0.15, -0.1) is 5.10 Å². The molecule has 1 saturated heterocycles. The third-order valence-electron chi connectivity index (χ3n) is 4.50. The Labute approximate surface area is 136 Å². The van der Waals surface area contributed by atoms with Gasteiger partial charge in [0.2, 0.25) is 0 Å². The van der Waals surface area contributed by atoms with Crippen molar-refractivity contribution in [1.82, 2.24) is 15.0 Å². The summed E-state index contributed by atoms with van der Waals surface area (Å²) in [4.78, 5) is 0. The third-order valence-corrected chi connectivity index (χ3v) is 4.50. The molecule has 23 heavy (non-hydrogen) atoms. The highest BCUT2D eigenvalue weighted by Crippen LogP contribution is 2.27. The second kappa shape index (κ2) is 6.55. The van der Waals surface area contributed by atoms with Crippen LogP contribution in [0.4, 0.5) is 0 Å². The molecule has 0 radical (unpaired) electrons. The molecule has 1 aliphatic carbocycles. The molecule has 4 nitrogen and oxygen atoms in total. The van der Waals surface area contributed by atoms with Crippen LogP contribution in [0.2, 0.25) is 0 Å². The van der Waals surface area contributed by atoms with Gasteiger partial charge in [0.15, 0.2) is 0 Å². The normalized spacial score (nSPS) is 18.4. The molecule has 0 spiro atoms. The van der Waals surface area contributed by atoms with E-state index < -0.39 is 0 Å². The summed E-state index contributed by atoms with van der Waals surface area (Å²) in [7, 11) is 0. The fourth-order valence-electron chi connectivity index (χ4n) is 2.85. The van der Waals surface area contributed by atoms with Crippen molar-refractivity contribution in [3.8, 4) is 23.1 Å². The zero-order chi connectivity index (χ0) is 15.5. The van der Waals surface area contributed by atoms with E-state index in [1.807, 2.05) is 10.9 Å². The van der Waals surface area contributed by atoms with Gasteiger partial charge in [-0.2, -0.15) is 0 Å². The first kappa shape index (κ1) is 14.5. The molecule has 0 N–H and O–H groups in total. The maximum atomic E-state index is 5.41. The molecule has 0 bridgehead atoms. The van der Waals surface area contributed by atoms with Crippen LogP contribution in [0.25, 0.3) is 11.3 Å². The molecule has 4 rings (SSSR count). The van der Waals surface area contributed by atoms with E-state index in [1.54, 1.807) is 0 Å². The van der Waals surface area contributed by atoms with Gasteiger partial charge in [-0.25, -0.2) is 0 Å². The maximum Gasteiger partial charge on any atom is 0.113 e. The molecule has 2 aromatic rings. The van der Waals surface area contributed by atoms with Gasteiger partial charge in [0.05, 0.1) is 6.20 Å². The van der Waals surface area contributed by atoms with E-state index in [0.717, 1.165) is 49.4 Å². The van der Waals surface area contributed by atoms with Gasteiger partial charge >= 0.3 is 0 Å². The Balaban J connectivity index is 1.42. The minimum Gasteiger partial charge on any atom is -0.381 e. The Morgan fingerprint density at radius 2 is 1.87 bits per heavy atom. The summed E-state index contributed by atoms with van der Waals surface area (Å²) in [6.45, 7) is 2.67. The number of nitrogens with zero attached hydrogens (tertiary/aromatic N) is 3. The SMILES string of the molecule is C(#CC1CC1)c1ccc(-c2cn(CC3CCOCC3)nn2)cc1. The smallest absolute Gasteiger partial charge is 0.113 e. The topological polar surface area (TPSA) is 39.9 Å². The largest absolute Gasteiger partial charge is 0.381 e. The van der Waals surface area contributed by atoms with E-state index >= 15 is 0 Å². The highest BCUT2D eigenvalue weighted by molar-refractivity contribution is 5.59. The summed E-state index contributed by atoms with van der Waals surface area (Å²) in [5.41, 5.74) is 3.11. The minimum absolute atomic E-state index is 0.639. The quantitative estimate of drug-likeness (QED) is 0.818. The van der Waals surface area contributed by atoms with E-state index in [1.165, 1.54) is 12.8 Å². The molecule has 1 aliphatic heterocycles. The van der Waals surface area contributed by atoms with Crippen LogP contribution in [0.15, 0.2) is 30.5 Å². The summed E-state index contributed by atoms with van der Waals surface area (Å²) >= 11 is 0. The second-order valence-electron chi connectivity index (χ2n) is 6.50. The van der Waals surface area contributed by atoms with Crippen molar-refractivity contribution in [3.63, 3.8) is 0 Å². The van der Waals surface area contributed by atoms with Crippen molar-refractivity contribution in [2.24, 2.45) is 11.8 Å². The molecule has 0 unspecified atom stereocenters. The lowest BCUT2D eigenvalue weighted by molar-refractivity contribution is 0.0600. The lowest BCUT2D eigenvalue weighted by Crippen LogP contribution is -2.20. The van der Waals surface area contributed by atoms with Crippen molar-refractivity contribution in [2.45, 2.75) is 32.2 Å². The standard InChI is InChI=1S/C19H21N3O/c1-2-15(1)3-4-16-5-7-18(8-6-16)19-14-22(21-20-19)13-17-9-11-23-12-10-17/h5-8,14-15,17H,1-2,9-13H2. The first-order valence-corrected chi connectivity index (χ1v) is 8.47. The molecule has 1 aromatic carbocycles. The van der Waals surface area contributed by atoms with Gasteiger partial charge < -0.3 is 4.74 Å². The van der Waals surface area contributed by atoms with E-state index in [0.29, 0.717) is 11.8 Å². The maximum absolute atomic E-state index is 5.41. The summed E-state index contributed by atoms with van der Waals surface area (Å²) in [6.07, 6.45) is 6.80. The number of aromatic nitrogens is 3. The molecule has 0 amide bonds. The molecule has 0 atom stereocenters. The van der Waals surface area contributed by atoms with Gasteiger partial charge in [-0.3, -0.25) is 4.68 Å². The van der Waals surface area contributed by atoms with Crippen molar-refractivity contribution in [2.75, 3.05) is 13.2 Å². The highest BCUT2D eigenvalue weighted by Gasteiger charge is 2.17. The number of hydrogen-bond donors (Lipinski definition) is 0. The predicted octanol–water partition coefficient (Wildman–Crippen LogP) is 3.13. The predicted molar refractivity (Wildman–Crippen MR) is 88.6 cm³/mol. The Hall–Kier alpha value is -2.12. The number of ether oxygens (including phenoxy) is 1. The van der Waals surface area contributed by atoms with Crippen LogP contribution in [-0.4, -0.2) is 28.2 Å². The number of rotatable bonds is 3. The van der Waals surface area contributed by atoms with Crippen molar-refractivity contribution < 1.29 is 4.74 Å². The number of hydrogen-bond acceptors (Lipinski definition) is 3. The zero-order valence-electron chi connectivity index (χ0n) is 13.2. The minimum atomic E-state index is 0.639. The Morgan fingerprint density at radius 1 is 1.09 bits per heavy atom. The van der Waals surface area contributed by atoms with Crippen LogP contribution in [0, 0.1) is 23.7 Å². The Bertz CT molecular complexity index is 713. The van der Waals surface area contributed by atoms with Crippen molar-refractivity contribution >= 4 is 0 Å². The molecule has 1 aromatic heterocycles. The molecular weight excluding hydrogens is 286 g/mol. The van der Waals surface area contributed by atoms with Crippen LogP contribution >= 0.6 is 0 Å². The van der Waals surface area contributed by atoms with Crippen LogP contribution in [0.5, 0.6) is 0 Å². The van der Waals surface area contributed by atoms with E-state index in [-0.39, 0.29) is 0 Å². The second-order valence-corrected chi connectivity index (χ2v) is 6.50. The molecule has 4 heteroatoms. The number of benzene rings is 1. The van der Waals surface area contributed by atoms with E-state index in [2.05, 4.69) is 46.4 Å². The van der Waals surface area contributed by atoms with Crippen LogP contribution in [0.3, 0.4) is 0 Å². The van der Waals surface area contributed by atoms with Crippen molar-refractivity contribution in [3.05, 3.63) is 36.0 Å². The Morgan fingerprint density at radius 3 is 2.61 bits per heavy atom. The molecular formula is C19H21N3O. The zero-order valence-corrected chi connectivity index (χ0v) is 13.2. The van der Waals surface area contributed by atoms with Crippen molar-refractivity contribution in [1.29, 1.82) is 0 Å². The lowest BCUT2D eigenvalue weighted by atomic mass is 10.0. The van der Waals surface area contributed by atoms with Gasteiger partial charge in [0, 0.05) is 36.8 Å². The molecule has 1 saturated carbocycles. The van der Waals surface area contributed by atoms with Crippen LogP contribution in [0.1, 0.15) is 31.2 Å². The first-order chi connectivity index (χ1) is 11.4. The van der Waals surface area contributed by atoms with E-state index in [9.17, 15) is 0 Å². The average Bonchev–Trinajstić information content (AvgIpc) is 3.32. The molecule has 2 fully saturated rings. The average molecular weight is 307 g/mol. The molecule has 2 aliphatic rings. The van der Waals surface area contributed by atoms with Gasteiger partial charge in [0.25, 0.3) is 0 Å². The van der Waals surface area contributed by atoms with Crippen LogP contribution in [-0.2, 0) is 11.3 Å². The fourth-order valence-corrected chi connectivity index (χ4v) is 2.85. The first-order valence-electron chi connectivity index (χ1n) is 8.47. The summed E-state index contributed by atoms with van der Waals surface area (Å²) in [5.74, 6) is 7.82. The molecule has 118 valence electrons.